The van der Waals surface area contributed by atoms with Crippen LogP contribution in [0, 0.1) is 0 Å². The number of fused-ring (bicyclic) bond motifs is 1. The molecule has 6 heteroatoms. The molecule has 0 saturated heterocycles. The van der Waals surface area contributed by atoms with Crippen LogP contribution in [-0.2, 0) is 0 Å². The van der Waals surface area contributed by atoms with E-state index in [2.05, 4.69) is 10.1 Å². The summed E-state index contributed by atoms with van der Waals surface area (Å²) in [6.45, 7) is 0. The Bertz CT molecular complexity index is 656. The molecule has 5 nitrogen and oxygen atoms in total. The molecule has 84 valence electrons. The van der Waals surface area contributed by atoms with Crippen LogP contribution in [0.2, 0.25) is 0 Å². The Morgan fingerprint density at radius 2 is 2.06 bits per heavy atom. The summed E-state index contributed by atoms with van der Waals surface area (Å²) >= 11 is 1.06. The zero-order valence-electron chi connectivity index (χ0n) is 8.57. The minimum Gasteiger partial charge on any atom is -0.476 e. The number of hydrogen-bond donors (Lipinski definition) is 1. The molecule has 3 aromatic rings. The summed E-state index contributed by atoms with van der Waals surface area (Å²) < 4.78 is 1.50. The van der Waals surface area contributed by atoms with Gasteiger partial charge in [-0.15, -0.1) is 5.10 Å². The lowest BCUT2D eigenvalue weighted by atomic mass is 10.2. The Labute approximate surface area is 100.0 Å². The fourth-order valence-electron chi connectivity index (χ4n) is 1.53. The maximum absolute atomic E-state index is 10.7. The molecule has 0 aliphatic rings. The molecule has 0 fully saturated rings. The fourth-order valence-corrected chi connectivity index (χ4v) is 2.25. The minimum atomic E-state index is -1.03. The second-order valence-corrected chi connectivity index (χ2v) is 4.39. The van der Waals surface area contributed by atoms with Crippen molar-refractivity contribution in [1.82, 2.24) is 14.6 Å². The highest BCUT2D eigenvalue weighted by atomic mass is 32.1. The number of nitrogens with zero attached hydrogens (tertiary/aromatic N) is 3. The summed E-state index contributed by atoms with van der Waals surface area (Å²) in [7, 11) is 0. The largest absolute Gasteiger partial charge is 0.476 e. The molecule has 0 bridgehead atoms. The second kappa shape index (κ2) is 3.67. The van der Waals surface area contributed by atoms with Crippen molar-refractivity contribution in [3.8, 4) is 11.3 Å². The summed E-state index contributed by atoms with van der Waals surface area (Å²) in [4.78, 5) is 15.7. The molecule has 1 N–H and O–H groups in total. The molecule has 0 unspecified atom stereocenters. The van der Waals surface area contributed by atoms with Crippen molar-refractivity contribution in [1.29, 1.82) is 0 Å². The highest BCUT2D eigenvalue weighted by Gasteiger charge is 2.13. The Balaban J connectivity index is 2.10. The Hall–Kier alpha value is -2.21. The lowest BCUT2D eigenvalue weighted by molar-refractivity contribution is 0.0695. The van der Waals surface area contributed by atoms with Gasteiger partial charge in [-0.2, -0.15) is 0 Å². The summed E-state index contributed by atoms with van der Waals surface area (Å²) in [5.41, 5.74) is 1.78. The number of imidazole rings is 1. The number of carbonyl (C=O) groups is 1. The standard InChI is InChI=1S/C11H7N3O2S/c15-10(16)9-13-14-6-8(12-11(14)17-9)7-4-2-1-3-5-7/h1-6H,(H,15,16). The number of carboxylic acid groups (broad SMARTS) is 1. The summed E-state index contributed by atoms with van der Waals surface area (Å²) in [6, 6.07) is 9.69. The highest BCUT2D eigenvalue weighted by molar-refractivity contribution is 7.18. The zero-order chi connectivity index (χ0) is 11.8. The SMILES string of the molecule is O=C(O)c1nn2cc(-c3ccccc3)nc2s1. The van der Waals surface area contributed by atoms with Crippen LogP contribution in [0.25, 0.3) is 16.2 Å². The van der Waals surface area contributed by atoms with Crippen molar-refractivity contribution in [2.75, 3.05) is 0 Å². The van der Waals surface area contributed by atoms with Crippen LogP contribution in [0.15, 0.2) is 36.5 Å². The van der Waals surface area contributed by atoms with E-state index in [-0.39, 0.29) is 5.01 Å². The lowest BCUT2D eigenvalue weighted by Crippen LogP contribution is -1.95. The predicted octanol–water partition coefficient (Wildman–Crippen LogP) is 2.16. The normalized spacial score (nSPS) is 10.8. The smallest absolute Gasteiger partial charge is 0.367 e. The van der Waals surface area contributed by atoms with Gasteiger partial charge in [0.2, 0.25) is 9.97 Å². The van der Waals surface area contributed by atoms with Crippen LogP contribution in [0.4, 0.5) is 0 Å². The van der Waals surface area contributed by atoms with Gasteiger partial charge in [0.25, 0.3) is 0 Å². The number of aromatic carboxylic acids is 1. The first kappa shape index (κ1) is 9.98. The monoisotopic (exact) mass is 245 g/mol. The van der Waals surface area contributed by atoms with Crippen molar-refractivity contribution in [2.24, 2.45) is 0 Å². The maximum atomic E-state index is 10.7. The third kappa shape index (κ3) is 1.68. The topological polar surface area (TPSA) is 67.5 Å². The predicted molar refractivity (Wildman–Crippen MR) is 63.3 cm³/mol. The number of aromatic nitrogens is 3. The van der Waals surface area contributed by atoms with Gasteiger partial charge >= 0.3 is 5.97 Å². The molecule has 0 aliphatic heterocycles. The second-order valence-electron chi connectivity index (χ2n) is 3.43. The van der Waals surface area contributed by atoms with E-state index in [1.54, 1.807) is 6.20 Å². The molecule has 0 amide bonds. The Morgan fingerprint density at radius 3 is 2.71 bits per heavy atom. The van der Waals surface area contributed by atoms with E-state index in [4.69, 9.17) is 5.11 Å². The van der Waals surface area contributed by atoms with Crippen LogP contribution in [0.3, 0.4) is 0 Å². The summed E-state index contributed by atoms with van der Waals surface area (Å²) in [5, 5.41) is 12.8. The average Bonchev–Trinajstić information content (AvgIpc) is 2.87. The van der Waals surface area contributed by atoms with Gasteiger partial charge in [0.1, 0.15) is 0 Å². The molecule has 0 aliphatic carbocycles. The van der Waals surface area contributed by atoms with Crippen LogP contribution in [-0.4, -0.2) is 25.7 Å². The van der Waals surface area contributed by atoms with Crippen LogP contribution >= 0.6 is 11.3 Å². The lowest BCUT2D eigenvalue weighted by Gasteiger charge is -1.92. The third-order valence-electron chi connectivity index (χ3n) is 2.30. The van der Waals surface area contributed by atoms with E-state index in [0.29, 0.717) is 4.96 Å². The van der Waals surface area contributed by atoms with Gasteiger partial charge in [0, 0.05) is 5.56 Å². The quantitative estimate of drug-likeness (QED) is 0.751. The van der Waals surface area contributed by atoms with Gasteiger partial charge in [-0.3, -0.25) is 0 Å². The number of benzene rings is 1. The fraction of sp³-hybridized carbons (Fsp3) is 0. The first-order valence-corrected chi connectivity index (χ1v) is 5.70. The molecule has 1 aromatic carbocycles. The van der Waals surface area contributed by atoms with E-state index in [1.807, 2.05) is 30.3 Å². The number of hydrogen-bond acceptors (Lipinski definition) is 4. The van der Waals surface area contributed by atoms with Crippen molar-refractivity contribution >= 4 is 22.3 Å². The molecule has 0 saturated carbocycles. The van der Waals surface area contributed by atoms with Gasteiger partial charge in [-0.05, 0) is 0 Å². The molecule has 0 spiro atoms. The van der Waals surface area contributed by atoms with E-state index in [9.17, 15) is 4.79 Å². The molecular formula is C11H7N3O2S. The highest BCUT2D eigenvalue weighted by Crippen LogP contribution is 2.21. The minimum absolute atomic E-state index is 0.0483. The van der Waals surface area contributed by atoms with Crippen LogP contribution in [0.5, 0.6) is 0 Å². The van der Waals surface area contributed by atoms with Crippen molar-refractivity contribution in [2.45, 2.75) is 0 Å². The first-order valence-electron chi connectivity index (χ1n) is 4.89. The molecule has 2 heterocycles. The van der Waals surface area contributed by atoms with E-state index in [1.165, 1.54) is 4.52 Å². The van der Waals surface area contributed by atoms with E-state index < -0.39 is 5.97 Å². The number of carboxylic acids is 1. The Kier molecular flexibility index (Phi) is 2.15. The van der Waals surface area contributed by atoms with Gasteiger partial charge in [0.05, 0.1) is 11.9 Å². The molecule has 0 radical (unpaired) electrons. The zero-order valence-corrected chi connectivity index (χ0v) is 9.39. The van der Waals surface area contributed by atoms with Gasteiger partial charge in [0.15, 0.2) is 0 Å². The average molecular weight is 245 g/mol. The molecule has 3 rings (SSSR count). The molecule has 0 atom stereocenters. The van der Waals surface area contributed by atoms with E-state index >= 15 is 0 Å². The van der Waals surface area contributed by atoms with Gasteiger partial charge in [-0.1, -0.05) is 41.7 Å². The van der Waals surface area contributed by atoms with Crippen LogP contribution in [0.1, 0.15) is 9.80 Å². The van der Waals surface area contributed by atoms with Gasteiger partial charge in [-0.25, -0.2) is 14.3 Å². The number of rotatable bonds is 2. The summed E-state index contributed by atoms with van der Waals surface area (Å²) in [6.07, 6.45) is 1.73. The van der Waals surface area contributed by atoms with Gasteiger partial charge < -0.3 is 5.11 Å². The van der Waals surface area contributed by atoms with E-state index in [0.717, 1.165) is 22.6 Å². The van der Waals surface area contributed by atoms with Crippen molar-refractivity contribution < 1.29 is 9.90 Å². The van der Waals surface area contributed by atoms with Crippen molar-refractivity contribution in [3.05, 3.63) is 41.5 Å². The van der Waals surface area contributed by atoms with Crippen LogP contribution < -0.4 is 0 Å². The summed E-state index contributed by atoms with van der Waals surface area (Å²) in [5.74, 6) is -1.03. The molecule has 2 aromatic heterocycles. The molecular weight excluding hydrogens is 238 g/mol. The third-order valence-corrected chi connectivity index (χ3v) is 3.21. The maximum Gasteiger partial charge on any atom is 0.367 e. The molecule has 17 heavy (non-hydrogen) atoms. The first-order chi connectivity index (χ1) is 8.24. The van der Waals surface area contributed by atoms with Crippen molar-refractivity contribution in [3.63, 3.8) is 0 Å². The Morgan fingerprint density at radius 1 is 1.29 bits per heavy atom.